The van der Waals surface area contributed by atoms with Crippen molar-refractivity contribution < 1.29 is 9.50 Å². The SMILES string of the molecule is CCC(O)CN(C)c1ccccc1F. The Balaban J connectivity index is 2.69. The number of likely N-dealkylation sites (N-methyl/N-ethyl adjacent to an activating group) is 1. The minimum Gasteiger partial charge on any atom is -0.391 e. The fourth-order valence-corrected chi connectivity index (χ4v) is 1.30. The largest absolute Gasteiger partial charge is 0.391 e. The van der Waals surface area contributed by atoms with Crippen molar-refractivity contribution in [1.29, 1.82) is 0 Å². The highest BCUT2D eigenvalue weighted by atomic mass is 19.1. The van der Waals surface area contributed by atoms with Gasteiger partial charge < -0.3 is 10.0 Å². The predicted octanol–water partition coefficient (Wildman–Crippen LogP) is 2.03. The van der Waals surface area contributed by atoms with Crippen LogP contribution in [0.4, 0.5) is 10.1 Å². The smallest absolute Gasteiger partial charge is 0.146 e. The molecule has 3 heteroatoms. The summed E-state index contributed by atoms with van der Waals surface area (Å²) in [7, 11) is 1.78. The Morgan fingerprint density at radius 2 is 2.07 bits per heavy atom. The van der Waals surface area contributed by atoms with Gasteiger partial charge in [0.1, 0.15) is 5.82 Å². The second-order valence-corrected chi connectivity index (χ2v) is 3.39. The van der Waals surface area contributed by atoms with Crippen LogP contribution in [0, 0.1) is 5.82 Å². The van der Waals surface area contributed by atoms with Crippen LogP contribution in [0.5, 0.6) is 0 Å². The van der Waals surface area contributed by atoms with Crippen LogP contribution in [0.25, 0.3) is 0 Å². The maximum absolute atomic E-state index is 13.3. The number of anilines is 1. The van der Waals surface area contributed by atoms with Crippen LogP contribution >= 0.6 is 0 Å². The first-order valence-electron chi connectivity index (χ1n) is 4.79. The minimum atomic E-state index is -0.403. The zero-order chi connectivity index (χ0) is 10.6. The zero-order valence-corrected chi connectivity index (χ0v) is 8.57. The molecule has 0 saturated heterocycles. The van der Waals surface area contributed by atoms with E-state index in [1.165, 1.54) is 6.07 Å². The molecule has 2 nitrogen and oxygen atoms in total. The highest BCUT2D eigenvalue weighted by Gasteiger charge is 2.09. The van der Waals surface area contributed by atoms with E-state index < -0.39 is 6.10 Å². The first-order chi connectivity index (χ1) is 6.65. The number of nitrogens with zero attached hydrogens (tertiary/aromatic N) is 1. The zero-order valence-electron chi connectivity index (χ0n) is 8.57. The van der Waals surface area contributed by atoms with Gasteiger partial charge in [-0.05, 0) is 18.6 Å². The van der Waals surface area contributed by atoms with Crippen LogP contribution in [-0.2, 0) is 0 Å². The van der Waals surface area contributed by atoms with E-state index in [9.17, 15) is 9.50 Å². The van der Waals surface area contributed by atoms with Crippen LogP contribution < -0.4 is 4.90 Å². The maximum atomic E-state index is 13.3. The van der Waals surface area contributed by atoms with Gasteiger partial charge in [-0.25, -0.2) is 4.39 Å². The molecule has 0 bridgehead atoms. The molecule has 1 atom stereocenters. The van der Waals surface area contributed by atoms with Crippen molar-refractivity contribution >= 4 is 5.69 Å². The molecule has 0 saturated carbocycles. The topological polar surface area (TPSA) is 23.5 Å². The number of benzene rings is 1. The lowest BCUT2D eigenvalue weighted by Crippen LogP contribution is -2.29. The van der Waals surface area contributed by atoms with Gasteiger partial charge in [0.05, 0.1) is 11.8 Å². The molecule has 0 aliphatic heterocycles. The summed E-state index contributed by atoms with van der Waals surface area (Å²) in [5.74, 6) is -0.252. The Kier molecular flexibility index (Phi) is 3.89. The van der Waals surface area contributed by atoms with Gasteiger partial charge in [0.2, 0.25) is 0 Å². The first kappa shape index (κ1) is 11.0. The van der Waals surface area contributed by atoms with Crippen LogP contribution in [0.2, 0.25) is 0 Å². The van der Waals surface area contributed by atoms with E-state index in [-0.39, 0.29) is 5.82 Å². The van der Waals surface area contributed by atoms with E-state index in [4.69, 9.17) is 0 Å². The van der Waals surface area contributed by atoms with Crippen LogP contribution in [0.15, 0.2) is 24.3 Å². The Labute approximate surface area is 84.0 Å². The molecule has 0 amide bonds. The van der Waals surface area contributed by atoms with Crippen molar-refractivity contribution in [3.63, 3.8) is 0 Å². The number of aliphatic hydroxyl groups is 1. The second kappa shape index (κ2) is 4.96. The molecule has 0 heterocycles. The summed E-state index contributed by atoms with van der Waals surface area (Å²) in [4.78, 5) is 1.73. The van der Waals surface area contributed by atoms with Crippen molar-refractivity contribution in [2.24, 2.45) is 0 Å². The van der Waals surface area contributed by atoms with Crippen molar-refractivity contribution in [3.8, 4) is 0 Å². The molecule has 0 aliphatic rings. The van der Waals surface area contributed by atoms with Gasteiger partial charge in [0, 0.05) is 13.6 Å². The van der Waals surface area contributed by atoms with E-state index in [1.807, 2.05) is 6.92 Å². The maximum Gasteiger partial charge on any atom is 0.146 e. The van der Waals surface area contributed by atoms with Crippen molar-refractivity contribution in [2.75, 3.05) is 18.5 Å². The fourth-order valence-electron chi connectivity index (χ4n) is 1.30. The van der Waals surface area contributed by atoms with Gasteiger partial charge in [0.25, 0.3) is 0 Å². The van der Waals surface area contributed by atoms with Gasteiger partial charge in [-0.1, -0.05) is 19.1 Å². The Hall–Kier alpha value is -1.09. The lowest BCUT2D eigenvalue weighted by Gasteiger charge is -2.22. The summed E-state index contributed by atoms with van der Waals surface area (Å²) in [6, 6.07) is 6.57. The molecule has 78 valence electrons. The molecule has 0 aliphatic carbocycles. The quantitative estimate of drug-likeness (QED) is 0.798. The average molecular weight is 197 g/mol. The van der Waals surface area contributed by atoms with Crippen molar-refractivity contribution in [3.05, 3.63) is 30.1 Å². The molecule has 1 aromatic carbocycles. The first-order valence-corrected chi connectivity index (χ1v) is 4.79. The molecule has 1 rings (SSSR count). The molecule has 0 radical (unpaired) electrons. The number of para-hydroxylation sites is 1. The summed E-state index contributed by atoms with van der Waals surface area (Å²) in [5, 5.41) is 9.42. The summed E-state index contributed by atoms with van der Waals surface area (Å²) in [6.45, 7) is 2.36. The van der Waals surface area contributed by atoms with Gasteiger partial charge in [-0.3, -0.25) is 0 Å². The number of hydrogen-bond donors (Lipinski definition) is 1. The third kappa shape index (κ3) is 2.70. The highest BCUT2D eigenvalue weighted by Crippen LogP contribution is 2.17. The highest BCUT2D eigenvalue weighted by molar-refractivity contribution is 5.46. The summed E-state index contributed by atoms with van der Waals surface area (Å²) < 4.78 is 13.3. The van der Waals surface area contributed by atoms with Crippen LogP contribution in [-0.4, -0.2) is 24.8 Å². The molecule has 1 aromatic rings. The molecule has 0 aromatic heterocycles. The van der Waals surface area contributed by atoms with E-state index in [1.54, 1.807) is 30.1 Å². The molecule has 0 fully saturated rings. The summed E-state index contributed by atoms with van der Waals surface area (Å²) in [6.07, 6.45) is 0.276. The molecular formula is C11H16FNO. The standard InChI is InChI=1S/C11H16FNO/c1-3-9(14)8-13(2)11-7-5-4-6-10(11)12/h4-7,9,14H,3,8H2,1-2H3. The van der Waals surface area contributed by atoms with Crippen molar-refractivity contribution in [1.82, 2.24) is 0 Å². The number of rotatable bonds is 4. The normalized spacial score (nSPS) is 12.6. The monoisotopic (exact) mass is 197 g/mol. The average Bonchev–Trinajstić information content (AvgIpc) is 2.18. The Morgan fingerprint density at radius 3 is 2.64 bits per heavy atom. The third-order valence-corrected chi connectivity index (χ3v) is 2.22. The summed E-state index contributed by atoms with van der Waals surface area (Å²) >= 11 is 0. The lowest BCUT2D eigenvalue weighted by atomic mass is 10.2. The minimum absolute atomic E-state index is 0.252. The van der Waals surface area contributed by atoms with E-state index in [2.05, 4.69) is 0 Å². The van der Waals surface area contributed by atoms with Gasteiger partial charge in [0.15, 0.2) is 0 Å². The number of hydrogen-bond acceptors (Lipinski definition) is 2. The number of aliphatic hydroxyl groups excluding tert-OH is 1. The van der Waals surface area contributed by atoms with Crippen molar-refractivity contribution in [2.45, 2.75) is 19.4 Å². The molecule has 1 N–H and O–H groups in total. The summed E-state index contributed by atoms with van der Waals surface area (Å²) in [5.41, 5.74) is 0.528. The Bertz CT molecular complexity index is 290. The number of halogens is 1. The lowest BCUT2D eigenvalue weighted by molar-refractivity contribution is 0.177. The second-order valence-electron chi connectivity index (χ2n) is 3.39. The molecule has 1 unspecified atom stereocenters. The van der Waals surface area contributed by atoms with Crippen LogP contribution in [0.3, 0.4) is 0 Å². The van der Waals surface area contributed by atoms with E-state index in [0.29, 0.717) is 18.7 Å². The van der Waals surface area contributed by atoms with Crippen LogP contribution in [0.1, 0.15) is 13.3 Å². The van der Waals surface area contributed by atoms with Gasteiger partial charge in [-0.15, -0.1) is 0 Å². The van der Waals surface area contributed by atoms with E-state index >= 15 is 0 Å². The van der Waals surface area contributed by atoms with Gasteiger partial charge >= 0.3 is 0 Å². The van der Waals surface area contributed by atoms with E-state index in [0.717, 1.165) is 0 Å². The third-order valence-electron chi connectivity index (χ3n) is 2.22. The predicted molar refractivity (Wildman–Crippen MR) is 56.0 cm³/mol. The molecule has 14 heavy (non-hydrogen) atoms. The van der Waals surface area contributed by atoms with Gasteiger partial charge in [-0.2, -0.15) is 0 Å². The molecular weight excluding hydrogens is 181 g/mol. The fraction of sp³-hybridized carbons (Fsp3) is 0.455. The molecule has 0 spiro atoms. The Morgan fingerprint density at radius 1 is 1.43 bits per heavy atom.